The summed E-state index contributed by atoms with van der Waals surface area (Å²) in [6.45, 7) is 6.89. The first kappa shape index (κ1) is 23.6. The number of ether oxygens (including phenoxy) is 1. The van der Waals surface area contributed by atoms with Gasteiger partial charge in [0.05, 0.1) is 25.4 Å². The molecule has 9 heteroatoms. The second kappa shape index (κ2) is 9.16. The zero-order chi connectivity index (χ0) is 24.6. The molecule has 3 atom stereocenters. The van der Waals surface area contributed by atoms with E-state index >= 15 is 0 Å². The average molecular weight is 491 g/mol. The van der Waals surface area contributed by atoms with Crippen LogP contribution in [0.25, 0.3) is 11.2 Å². The van der Waals surface area contributed by atoms with Gasteiger partial charge < -0.3 is 19.3 Å². The zero-order valence-corrected chi connectivity index (χ0v) is 21.1. The highest BCUT2D eigenvalue weighted by Crippen LogP contribution is 2.38. The smallest absolute Gasteiger partial charge is 0.278 e. The van der Waals surface area contributed by atoms with E-state index < -0.39 is 26.8 Å². The normalized spacial score (nSPS) is 21.0. The molecule has 2 aromatic carbocycles. The minimum absolute atomic E-state index is 0.176. The fourth-order valence-corrected chi connectivity index (χ4v) is 9.65. The molecule has 2 N–H and O–H groups in total. The third kappa shape index (κ3) is 4.14. The van der Waals surface area contributed by atoms with E-state index in [9.17, 15) is 9.90 Å². The average Bonchev–Trinajstić information content (AvgIpc) is 3.44. The van der Waals surface area contributed by atoms with E-state index in [0.717, 1.165) is 0 Å². The number of rotatable bonds is 6. The molecule has 1 aliphatic heterocycles. The molecule has 182 valence electrons. The molecule has 0 amide bonds. The molecular weight excluding hydrogens is 460 g/mol. The van der Waals surface area contributed by atoms with Gasteiger partial charge in [-0.25, -0.2) is 9.97 Å². The van der Waals surface area contributed by atoms with Crippen molar-refractivity contribution in [3.8, 4) is 0 Å². The molecule has 1 aliphatic rings. The summed E-state index contributed by atoms with van der Waals surface area (Å²) in [6, 6.07) is 20.8. The van der Waals surface area contributed by atoms with E-state index in [0.29, 0.717) is 12.1 Å². The van der Waals surface area contributed by atoms with E-state index in [1.807, 2.05) is 36.4 Å². The van der Waals surface area contributed by atoms with E-state index in [1.54, 1.807) is 4.57 Å². The van der Waals surface area contributed by atoms with Crippen LogP contribution in [-0.2, 0) is 9.16 Å². The Morgan fingerprint density at radius 3 is 2.31 bits per heavy atom. The van der Waals surface area contributed by atoms with Crippen molar-refractivity contribution < 1.29 is 14.3 Å². The fourth-order valence-electron chi connectivity index (χ4n) is 5.08. The van der Waals surface area contributed by atoms with Gasteiger partial charge in [-0.1, -0.05) is 81.4 Å². The summed E-state index contributed by atoms with van der Waals surface area (Å²) in [4.78, 5) is 23.0. The van der Waals surface area contributed by atoms with Gasteiger partial charge in [0, 0.05) is 6.42 Å². The van der Waals surface area contributed by atoms with Gasteiger partial charge in [0.15, 0.2) is 11.2 Å². The minimum atomic E-state index is -2.75. The van der Waals surface area contributed by atoms with Crippen molar-refractivity contribution in [2.45, 2.75) is 50.7 Å². The minimum Gasteiger partial charge on any atom is -0.405 e. The van der Waals surface area contributed by atoms with E-state index in [1.165, 1.54) is 23.0 Å². The Balaban J connectivity index is 1.45. The molecular formula is C26H30N4O4Si. The number of hydrogen-bond donors (Lipinski definition) is 2. The van der Waals surface area contributed by atoms with E-state index in [4.69, 9.17) is 9.16 Å². The van der Waals surface area contributed by atoms with Crippen molar-refractivity contribution in [1.82, 2.24) is 19.5 Å². The van der Waals surface area contributed by atoms with Crippen LogP contribution in [0.15, 0.2) is 78.1 Å². The molecule has 2 aromatic heterocycles. The van der Waals surface area contributed by atoms with Crippen LogP contribution >= 0.6 is 0 Å². The Morgan fingerprint density at radius 2 is 1.71 bits per heavy atom. The molecule has 0 spiro atoms. The Bertz CT molecular complexity index is 1310. The number of aromatic nitrogens is 4. The van der Waals surface area contributed by atoms with Crippen molar-refractivity contribution in [2.75, 3.05) is 6.61 Å². The van der Waals surface area contributed by atoms with Crippen LogP contribution in [0.1, 0.15) is 33.4 Å². The number of aliphatic hydroxyl groups is 1. The standard InChI is InChI=1S/C26H30N4O4Si/c1-26(2,3)35(18-10-6-4-7-11-18,19-12-8-5-9-13-19)33-15-21-20(31)14-22(34-21)30-17-29-23-24(30)27-16-28-25(23)32/h4-13,16-17,20-22,31H,14-15H2,1-3H3,(H,27,28,32)/t20-,21-,22-/m1/s1. The molecule has 0 radical (unpaired) electrons. The molecule has 0 bridgehead atoms. The van der Waals surface area contributed by atoms with Gasteiger partial charge >= 0.3 is 0 Å². The monoisotopic (exact) mass is 490 g/mol. The van der Waals surface area contributed by atoms with Crippen molar-refractivity contribution in [3.63, 3.8) is 0 Å². The lowest BCUT2D eigenvalue weighted by Gasteiger charge is -2.43. The summed E-state index contributed by atoms with van der Waals surface area (Å²) in [5.74, 6) is 0. The first-order valence-electron chi connectivity index (χ1n) is 11.8. The van der Waals surface area contributed by atoms with Crippen molar-refractivity contribution >= 4 is 29.9 Å². The predicted octanol–water partition coefficient (Wildman–Crippen LogP) is 2.34. The molecule has 1 saturated heterocycles. The molecule has 1 fully saturated rings. The van der Waals surface area contributed by atoms with Crippen molar-refractivity contribution in [2.24, 2.45) is 0 Å². The summed E-state index contributed by atoms with van der Waals surface area (Å²) in [7, 11) is -2.75. The molecule has 5 rings (SSSR count). The number of aromatic amines is 1. The number of fused-ring (bicyclic) bond motifs is 1. The van der Waals surface area contributed by atoms with Crippen LogP contribution in [0.4, 0.5) is 0 Å². The summed E-state index contributed by atoms with van der Waals surface area (Å²) >= 11 is 0. The Morgan fingerprint density at radius 1 is 1.09 bits per heavy atom. The summed E-state index contributed by atoms with van der Waals surface area (Å²) < 4.78 is 14.9. The largest absolute Gasteiger partial charge is 0.405 e. The second-order valence-electron chi connectivity index (χ2n) is 9.96. The van der Waals surface area contributed by atoms with Gasteiger partial charge in [-0.3, -0.25) is 9.36 Å². The van der Waals surface area contributed by atoms with Crippen molar-refractivity contribution in [3.05, 3.63) is 83.7 Å². The number of hydrogen-bond acceptors (Lipinski definition) is 6. The number of nitrogens with one attached hydrogen (secondary N) is 1. The first-order valence-corrected chi connectivity index (χ1v) is 13.7. The highest BCUT2D eigenvalue weighted by atomic mass is 28.4. The predicted molar refractivity (Wildman–Crippen MR) is 136 cm³/mol. The lowest BCUT2D eigenvalue weighted by Crippen LogP contribution is -2.67. The molecule has 8 nitrogen and oxygen atoms in total. The highest BCUT2D eigenvalue weighted by molar-refractivity contribution is 6.99. The maximum absolute atomic E-state index is 12.0. The molecule has 3 heterocycles. The third-order valence-corrected chi connectivity index (χ3v) is 11.8. The maximum Gasteiger partial charge on any atom is 0.278 e. The van der Waals surface area contributed by atoms with Gasteiger partial charge in [-0.15, -0.1) is 0 Å². The summed E-state index contributed by atoms with van der Waals surface area (Å²) in [6.07, 6.45) is 1.50. The van der Waals surface area contributed by atoms with Crippen LogP contribution < -0.4 is 15.9 Å². The molecule has 4 aromatic rings. The number of aliphatic hydroxyl groups excluding tert-OH is 1. The Labute approximate surface area is 204 Å². The lowest BCUT2D eigenvalue weighted by molar-refractivity contribution is -0.0398. The van der Waals surface area contributed by atoms with Crippen molar-refractivity contribution in [1.29, 1.82) is 0 Å². The van der Waals surface area contributed by atoms with Gasteiger partial charge in [0.1, 0.15) is 12.3 Å². The van der Waals surface area contributed by atoms with Crippen LogP contribution in [-0.4, -0.2) is 51.8 Å². The third-order valence-electron chi connectivity index (χ3n) is 6.76. The van der Waals surface area contributed by atoms with Gasteiger partial charge in [0.25, 0.3) is 13.9 Å². The zero-order valence-electron chi connectivity index (χ0n) is 20.1. The number of imidazole rings is 1. The lowest BCUT2D eigenvalue weighted by atomic mass is 10.2. The molecule has 0 unspecified atom stereocenters. The second-order valence-corrected chi connectivity index (χ2v) is 14.3. The first-order chi connectivity index (χ1) is 16.8. The fraction of sp³-hybridized carbons (Fsp3) is 0.346. The number of benzene rings is 2. The number of nitrogens with zero attached hydrogens (tertiary/aromatic N) is 3. The quantitative estimate of drug-likeness (QED) is 0.402. The summed E-state index contributed by atoms with van der Waals surface area (Å²) in [5, 5.41) is 13.1. The molecule has 35 heavy (non-hydrogen) atoms. The summed E-state index contributed by atoms with van der Waals surface area (Å²) in [5.41, 5.74) is 0.371. The van der Waals surface area contributed by atoms with Crippen LogP contribution in [0, 0.1) is 0 Å². The SMILES string of the molecule is CC(C)(C)[Si](OC[C@H]1O[C@@H](n2cnc3c(=O)[nH]cnc32)C[C@H]1O)(c1ccccc1)c1ccccc1. The Kier molecular flexibility index (Phi) is 6.18. The Hall–Kier alpha value is -3.11. The van der Waals surface area contributed by atoms with E-state index in [2.05, 4.69) is 60.0 Å². The number of H-pyrrole nitrogens is 1. The van der Waals surface area contributed by atoms with Gasteiger partial charge in [-0.05, 0) is 15.4 Å². The molecule has 0 saturated carbocycles. The van der Waals surface area contributed by atoms with Crippen LogP contribution in [0.2, 0.25) is 5.04 Å². The van der Waals surface area contributed by atoms with Gasteiger partial charge in [-0.2, -0.15) is 0 Å². The highest BCUT2D eigenvalue weighted by Gasteiger charge is 2.51. The maximum atomic E-state index is 12.0. The van der Waals surface area contributed by atoms with Crippen LogP contribution in [0.3, 0.4) is 0 Å². The topological polar surface area (TPSA) is 102 Å². The van der Waals surface area contributed by atoms with Gasteiger partial charge in [0.2, 0.25) is 0 Å². The van der Waals surface area contributed by atoms with E-state index in [-0.39, 0.29) is 22.7 Å². The molecule has 0 aliphatic carbocycles. The van der Waals surface area contributed by atoms with Crippen LogP contribution in [0.5, 0.6) is 0 Å².